The third kappa shape index (κ3) is 2.39. The van der Waals surface area contributed by atoms with E-state index in [1.165, 1.54) is 0 Å². The number of nitrogens with one attached hydrogen (secondary N) is 1. The highest BCUT2D eigenvalue weighted by Crippen LogP contribution is 2.22. The van der Waals surface area contributed by atoms with Crippen LogP contribution < -0.4 is 5.32 Å². The summed E-state index contributed by atoms with van der Waals surface area (Å²) in [5.41, 5.74) is 1.09. The summed E-state index contributed by atoms with van der Waals surface area (Å²) in [4.78, 5) is 0. The zero-order valence-electron chi connectivity index (χ0n) is 7.59. The Kier molecular flexibility index (Phi) is 3.29. The Balaban J connectivity index is 2.08. The van der Waals surface area contributed by atoms with Gasteiger partial charge in [-0.1, -0.05) is 29.3 Å². The van der Waals surface area contributed by atoms with Crippen molar-refractivity contribution in [3.63, 3.8) is 0 Å². The Bertz CT molecular complexity index is 324. The van der Waals surface area contributed by atoms with Crippen molar-refractivity contribution in [3.05, 3.63) is 33.8 Å². The first-order valence-corrected chi connectivity index (χ1v) is 5.27. The van der Waals surface area contributed by atoms with Crippen LogP contribution in [0.3, 0.4) is 0 Å². The molecule has 0 amide bonds. The Morgan fingerprint density at radius 2 is 2.29 bits per heavy atom. The van der Waals surface area contributed by atoms with Gasteiger partial charge in [-0.25, -0.2) is 0 Å². The lowest BCUT2D eigenvalue weighted by Gasteiger charge is -2.09. The number of halogens is 2. The van der Waals surface area contributed by atoms with Crippen LogP contribution in [0.4, 0.5) is 0 Å². The first kappa shape index (κ1) is 10.2. The van der Waals surface area contributed by atoms with Crippen LogP contribution in [0, 0.1) is 0 Å². The number of hydrogen-bond acceptors (Lipinski definition) is 2. The van der Waals surface area contributed by atoms with Crippen molar-refractivity contribution in [3.8, 4) is 0 Å². The Labute approximate surface area is 93.2 Å². The third-order valence-corrected chi connectivity index (χ3v) is 2.84. The molecule has 76 valence electrons. The summed E-state index contributed by atoms with van der Waals surface area (Å²) in [6.07, 6.45) is 1.07. The van der Waals surface area contributed by atoms with Crippen molar-refractivity contribution in [2.24, 2.45) is 0 Å². The van der Waals surface area contributed by atoms with Crippen LogP contribution in [0.2, 0.25) is 10.0 Å². The summed E-state index contributed by atoms with van der Waals surface area (Å²) in [6, 6.07) is 5.57. The largest absolute Gasteiger partial charge is 0.361 e. The molecule has 1 aromatic rings. The number of ether oxygens (including phenoxy) is 1. The average Bonchev–Trinajstić information content (AvgIpc) is 2.62. The van der Waals surface area contributed by atoms with Gasteiger partial charge in [0.1, 0.15) is 0 Å². The van der Waals surface area contributed by atoms with Gasteiger partial charge in [-0.2, -0.15) is 0 Å². The zero-order chi connectivity index (χ0) is 9.97. The summed E-state index contributed by atoms with van der Waals surface area (Å²) < 4.78 is 5.44. The van der Waals surface area contributed by atoms with Crippen molar-refractivity contribution in [1.82, 2.24) is 5.32 Å². The summed E-state index contributed by atoms with van der Waals surface area (Å²) >= 11 is 11.9. The molecule has 14 heavy (non-hydrogen) atoms. The van der Waals surface area contributed by atoms with E-state index in [1.54, 1.807) is 6.07 Å². The maximum atomic E-state index is 6.05. The van der Waals surface area contributed by atoms with Gasteiger partial charge in [0.25, 0.3) is 0 Å². The van der Waals surface area contributed by atoms with Crippen LogP contribution in [-0.2, 0) is 11.2 Å². The fourth-order valence-electron chi connectivity index (χ4n) is 1.52. The Morgan fingerprint density at radius 3 is 2.93 bits per heavy atom. The minimum atomic E-state index is 0.230. The smallest absolute Gasteiger partial charge is 0.0970 e. The summed E-state index contributed by atoms with van der Waals surface area (Å²) in [6.45, 7) is 1.52. The molecule has 1 aromatic carbocycles. The fourth-order valence-corrected chi connectivity index (χ4v) is 2.00. The molecule has 1 fully saturated rings. The second-order valence-electron chi connectivity index (χ2n) is 3.33. The molecule has 1 aliphatic heterocycles. The molecule has 1 aliphatic rings. The molecule has 1 unspecified atom stereocenters. The molecule has 1 heterocycles. The lowest BCUT2D eigenvalue weighted by Crippen LogP contribution is -2.16. The zero-order valence-corrected chi connectivity index (χ0v) is 9.11. The second kappa shape index (κ2) is 4.49. The van der Waals surface area contributed by atoms with Gasteiger partial charge in [0.05, 0.1) is 12.8 Å². The highest BCUT2D eigenvalue weighted by Gasteiger charge is 2.16. The van der Waals surface area contributed by atoms with Gasteiger partial charge in [-0.05, 0) is 17.7 Å². The van der Waals surface area contributed by atoms with E-state index >= 15 is 0 Å². The van der Waals surface area contributed by atoms with Crippen molar-refractivity contribution in [1.29, 1.82) is 0 Å². The number of rotatable bonds is 2. The summed E-state index contributed by atoms with van der Waals surface area (Å²) in [7, 11) is 0. The fraction of sp³-hybridized carbons (Fsp3) is 0.400. The molecule has 0 spiro atoms. The summed E-state index contributed by atoms with van der Waals surface area (Å²) in [5.74, 6) is 0. The van der Waals surface area contributed by atoms with Gasteiger partial charge < -0.3 is 4.74 Å². The van der Waals surface area contributed by atoms with Gasteiger partial charge in [0.2, 0.25) is 0 Å². The maximum absolute atomic E-state index is 6.05. The van der Waals surface area contributed by atoms with Crippen LogP contribution in [-0.4, -0.2) is 19.4 Å². The molecule has 0 aliphatic carbocycles. The molecule has 2 nitrogen and oxygen atoms in total. The first-order valence-electron chi connectivity index (χ1n) is 4.52. The molecule has 0 bridgehead atoms. The van der Waals surface area contributed by atoms with E-state index in [9.17, 15) is 0 Å². The number of benzene rings is 1. The maximum Gasteiger partial charge on any atom is 0.0970 e. The van der Waals surface area contributed by atoms with Crippen LogP contribution in [0.15, 0.2) is 18.2 Å². The highest BCUT2D eigenvalue weighted by molar-refractivity contribution is 6.35. The second-order valence-corrected chi connectivity index (χ2v) is 4.17. The normalized spacial score (nSPS) is 21.4. The van der Waals surface area contributed by atoms with Gasteiger partial charge in [-0.15, -0.1) is 0 Å². The lowest BCUT2D eigenvalue weighted by molar-refractivity contribution is 0.114. The van der Waals surface area contributed by atoms with Crippen LogP contribution in [0.5, 0.6) is 0 Å². The third-order valence-electron chi connectivity index (χ3n) is 2.26. The molecule has 0 radical (unpaired) electrons. The predicted octanol–water partition coefficient (Wildman–Crippen LogP) is 2.48. The molecule has 1 atom stereocenters. The minimum Gasteiger partial charge on any atom is -0.361 e. The van der Waals surface area contributed by atoms with Crippen molar-refractivity contribution in [2.45, 2.75) is 12.5 Å². The van der Waals surface area contributed by atoms with Crippen LogP contribution in [0.1, 0.15) is 5.56 Å². The monoisotopic (exact) mass is 231 g/mol. The predicted molar refractivity (Wildman–Crippen MR) is 57.9 cm³/mol. The molecule has 1 saturated heterocycles. The van der Waals surface area contributed by atoms with E-state index in [2.05, 4.69) is 5.32 Å². The van der Waals surface area contributed by atoms with Gasteiger partial charge in [-0.3, -0.25) is 5.32 Å². The van der Waals surface area contributed by atoms with Gasteiger partial charge in [0.15, 0.2) is 0 Å². The van der Waals surface area contributed by atoms with Gasteiger partial charge in [0, 0.05) is 23.0 Å². The van der Waals surface area contributed by atoms with E-state index < -0.39 is 0 Å². The minimum absolute atomic E-state index is 0.230. The quantitative estimate of drug-likeness (QED) is 0.845. The SMILES string of the molecule is Clc1ccc(CC2CNCO2)c(Cl)c1. The van der Waals surface area contributed by atoms with E-state index in [0.717, 1.165) is 18.5 Å². The van der Waals surface area contributed by atoms with E-state index in [1.807, 2.05) is 12.1 Å². The summed E-state index contributed by atoms with van der Waals surface area (Å²) in [5, 5.41) is 4.52. The van der Waals surface area contributed by atoms with E-state index in [-0.39, 0.29) is 6.10 Å². The molecule has 0 saturated carbocycles. The Morgan fingerprint density at radius 1 is 1.43 bits per heavy atom. The van der Waals surface area contributed by atoms with E-state index in [4.69, 9.17) is 27.9 Å². The van der Waals surface area contributed by atoms with Crippen molar-refractivity contribution in [2.75, 3.05) is 13.3 Å². The topological polar surface area (TPSA) is 21.3 Å². The highest BCUT2D eigenvalue weighted by atomic mass is 35.5. The van der Waals surface area contributed by atoms with Crippen LogP contribution in [0.25, 0.3) is 0 Å². The Hall–Kier alpha value is -0.280. The molecular weight excluding hydrogens is 221 g/mol. The molecular formula is C10H11Cl2NO. The average molecular weight is 232 g/mol. The number of hydrogen-bond donors (Lipinski definition) is 1. The van der Waals surface area contributed by atoms with Crippen molar-refractivity contribution >= 4 is 23.2 Å². The van der Waals surface area contributed by atoms with E-state index in [0.29, 0.717) is 16.8 Å². The molecule has 4 heteroatoms. The standard InChI is InChI=1S/C10H11Cl2NO/c11-8-2-1-7(10(12)4-8)3-9-5-13-6-14-9/h1-2,4,9,13H,3,5-6H2. The lowest BCUT2D eigenvalue weighted by atomic mass is 10.1. The molecule has 1 N–H and O–H groups in total. The first-order chi connectivity index (χ1) is 6.75. The van der Waals surface area contributed by atoms with Crippen molar-refractivity contribution < 1.29 is 4.74 Å². The molecule has 2 rings (SSSR count). The van der Waals surface area contributed by atoms with Gasteiger partial charge >= 0.3 is 0 Å². The molecule has 0 aromatic heterocycles. The van der Waals surface area contributed by atoms with Crippen LogP contribution >= 0.6 is 23.2 Å².